The van der Waals surface area contributed by atoms with Gasteiger partial charge in [-0.05, 0) is 43.2 Å². The lowest BCUT2D eigenvalue weighted by Crippen LogP contribution is -2.39. The fourth-order valence-corrected chi connectivity index (χ4v) is 3.21. The molecular formula is C18H18N4O. The Hall–Kier alpha value is -2.69. The first-order valence-electron chi connectivity index (χ1n) is 7.95. The van der Waals surface area contributed by atoms with E-state index in [1.54, 1.807) is 12.3 Å². The molecule has 0 aliphatic carbocycles. The molecule has 3 aromatic rings. The molecule has 1 N–H and O–H groups in total. The maximum Gasteiger partial charge on any atom is 0.185 e. The second-order valence-corrected chi connectivity index (χ2v) is 5.95. The smallest absolute Gasteiger partial charge is 0.185 e. The van der Waals surface area contributed by atoms with E-state index in [2.05, 4.69) is 25.9 Å². The van der Waals surface area contributed by atoms with Crippen LogP contribution in [0.15, 0.2) is 48.8 Å². The average Bonchev–Trinajstić information content (AvgIpc) is 3.09. The highest BCUT2D eigenvalue weighted by molar-refractivity contribution is 5.96. The van der Waals surface area contributed by atoms with Gasteiger partial charge in [0.15, 0.2) is 5.78 Å². The average molecular weight is 306 g/mol. The molecule has 116 valence electrons. The second-order valence-electron chi connectivity index (χ2n) is 5.95. The lowest BCUT2D eigenvalue weighted by molar-refractivity contribution is 0.0902. The van der Waals surface area contributed by atoms with Gasteiger partial charge in [0.25, 0.3) is 0 Å². The summed E-state index contributed by atoms with van der Waals surface area (Å²) in [4.78, 5) is 26.8. The maximum absolute atomic E-state index is 12.6. The van der Waals surface area contributed by atoms with Crippen LogP contribution >= 0.6 is 0 Å². The van der Waals surface area contributed by atoms with E-state index < -0.39 is 0 Å². The second kappa shape index (κ2) is 5.83. The molecule has 3 aromatic heterocycles. The zero-order chi connectivity index (χ0) is 15.6. The van der Waals surface area contributed by atoms with Gasteiger partial charge in [0, 0.05) is 36.8 Å². The minimum Gasteiger partial charge on any atom is -0.356 e. The van der Waals surface area contributed by atoms with Gasteiger partial charge in [0.1, 0.15) is 17.2 Å². The summed E-state index contributed by atoms with van der Waals surface area (Å²) in [5.74, 6) is 1.05. The van der Waals surface area contributed by atoms with E-state index in [-0.39, 0.29) is 11.7 Å². The van der Waals surface area contributed by atoms with Crippen molar-refractivity contribution in [3.05, 3.63) is 54.5 Å². The van der Waals surface area contributed by atoms with Crippen LogP contribution in [0.5, 0.6) is 0 Å². The number of fused-ring (bicyclic) bond motifs is 1. The van der Waals surface area contributed by atoms with E-state index in [9.17, 15) is 4.79 Å². The number of piperidine rings is 1. The van der Waals surface area contributed by atoms with E-state index in [1.807, 2.05) is 30.5 Å². The van der Waals surface area contributed by atoms with Crippen molar-refractivity contribution < 1.29 is 4.79 Å². The van der Waals surface area contributed by atoms with Gasteiger partial charge in [0.2, 0.25) is 0 Å². The predicted octanol–water partition coefficient (Wildman–Crippen LogP) is 3.06. The molecule has 4 rings (SSSR count). The Kier molecular flexibility index (Phi) is 3.54. The van der Waals surface area contributed by atoms with Crippen molar-refractivity contribution in [2.75, 3.05) is 18.0 Å². The summed E-state index contributed by atoms with van der Waals surface area (Å²) in [5, 5.41) is 1.10. The molecule has 0 spiro atoms. The fourth-order valence-electron chi connectivity index (χ4n) is 3.21. The molecule has 5 nitrogen and oxygen atoms in total. The molecule has 1 atom stereocenters. The number of pyridine rings is 2. The fraction of sp³-hybridized carbons (Fsp3) is 0.278. The third-order valence-electron chi connectivity index (χ3n) is 4.43. The van der Waals surface area contributed by atoms with E-state index >= 15 is 0 Å². The van der Waals surface area contributed by atoms with Crippen LogP contribution in [-0.2, 0) is 0 Å². The number of aromatic nitrogens is 3. The lowest BCUT2D eigenvalue weighted by Gasteiger charge is -2.32. The van der Waals surface area contributed by atoms with Crippen molar-refractivity contribution in [2.24, 2.45) is 5.92 Å². The molecule has 5 heteroatoms. The number of hydrogen-bond donors (Lipinski definition) is 1. The van der Waals surface area contributed by atoms with Gasteiger partial charge in [-0.2, -0.15) is 0 Å². The molecule has 1 saturated heterocycles. The summed E-state index contributed by atoms with van der Waals surface area (Å²) in [7, 11) is 0. The quantitative estimate of drug-likeness (QED) is 0.755. The molecule has 1 aliphatic heterocycles. The van der Waals surface area contributed by atoms with Gasteiger partial charge in [-0.3, -0.25) is 9.78 Å². The molecule has 0 radical (unpaired) electrons. The zero-order valence-electron chi connectivity index (χ0n) is 12.8. The first-order valence-corrected chi connectivity index (χ1v) is 7.95. The molecule has 1 aliphatic rings. The number of rotatable bonds is 3. The SMILES string of the molecule is O=C(c1ccccn1)C1CCCN(c2ccc3cc[nH]c3n2)C1. The number of anilines is 1. The Morgan fingerprint density at radius 1 is 1.22 bits per heavy atom. The minimum absolute atomic E-state index is 0.0141. The summed E-state index contributed by atoms with van der Waals surface area (Å²) < 4.78 is 0. The summed E-state index contributed by atoms with van der Waals surface area (Å²) in [6.45, 7) is 1.64. The van der Waals surface area contributed by atoms with Crippen molar-refractivity contribution >= 4 is 22.6 Å². The Balaban J connectivity index is 1.55. The van der Waals surface area contributed by atoms with Crippen molar-refractivity contribution in [3.8, 4) is 0 Å². The molecule has 0 aromatic carbocycles. The summed E-state index contributed by atoms with van der Waals surface area (Å²) in [5.41, 5.74) is 1.45. The van der Waals surface area contributed by atoms with E-state index in [0.29, 0.717) is 12.2 Å². The Labute approximate surface area is 134 Å². The number of H-pyrrole nitrogens is 1. The Morgan fingerprint density at radius 2 is 2.17 bits per heavy atom. The van der Waals surface area contributed by atoms with Crippen molar-refractivity contribution in [1.29, 1.82) is 0 Å². The topological polar surface area (TPSA) is 61.9 Å². The number of Topliss-reactive ketones (excluding diaryl/α,β-unsaturated/α-hetero) is 1. The van der Waals surface area contributed by atoms with Gasteiger partial charge in [-0.1, -0.05) is 6.07 Å². The highest BCUT2D eigenvalue weighted by atomic mass is 16.1. The molecular weight excluding hydrogens is 288 g/mol. The Morgan fingerprint density at radius 3 is 3.04 bits per heavy atom. The monoisotopic (exact) mass is 306 g/mol. The van der Waals surface area contributed by atoms with Gasteiger partial charge in [-0.25, -0.2) is 4.98 Å². The van der Waals surface area contributed by atoms with Crippen LogP contribution in [0, 0.1) is 5.92 Å². The van der Waals surface area contributed by atoms with Gasteiger partial charge < -0.3 is 9.88 Å². The van der Waals surface area contributed by atoms with Crippen LogP contribution in [0.2, 0.25) is 0 Å². The number of carbonyl (C=O) groups is 1. The maximum atomic E-state index is 12.6. The number of nitrogens with zero attached hydrogens (tertiary/aromatic N) is 3. The molecule has 1 fully saturated rings. The largest absolute Gasteiger partial charge is 0.356 e. The van der Waals surface area contributed by atoms with Crippen molar-refractivity contribution in [1.82, 2.24) is 15.0 Å². The van der Waals surface area contributed by atoms with Crippen LogP contribution in [0.1, 0.15) is 23.3 Å². The summed E-state index contributed by atoms with van der Waals surface area (Å²) in [6, 6.07) is 11.6. The normalized spacial score (nSPS) is 18.3. The van der Waals surface area contributed by atoms with E-state index in [1.165, 1.54) is 0 Å². The van der Waals surface area contributed by atoms with Gasteiger partial charge in [0.05, 0.1) is 0 Å². The van der Waals surface area contributed by atoms with Gasteiger partial charge in [-0.15, -0.1) is 0 Å². The standard InChI is InChI=1S/C18H18N4O/c23-17(15-5-1-2-9-19-15)14-4-3-11-22(12-14)16-7-6-13-8-10-20-18(13)21-16/h1-2,5-10,14H,3-4,11-12H2,(H,20,21). The van der Waals surface area contributed by atoms with Crippen LogP contribution < -0.4 is 4.90 Å². The highest BCUT2D eigenvalue weighted by Gasteiger charge is 2.28. The first kappa shape index (κ1) is 13.9. The Bertz CT molecular complexity index is 827. The number of hydrogen-bond acceptors (Lipinski definition) is 4. The molecule has 0 amide bonds. The highest BCUT2D eigenvalue weighted by Crippen LogP contribution is 2.25. The molecule has 23 heavy (non-hydrogen) atoms. The van der Waals surface area contributed by atoms with E-state index in [0.717, 1.165) is 36.2 Å². The van der Waals surface area contributed by atoms with E-state index in [4.69, 9.17) is 0 Å². The minimum atomic E-state index is -0.0141. The van der Waals surface area contributed by atoms with Crippen LogP contribution in [-0.4, -0.2) is 33.8 Å². The summed E-state index contributed by atoms with van der Waals surface area (Å²) >= 11 is 0. The first-order chi connectivity index (χ1) is 11.3. The molecule has 0 saturated carbocycles. The van der Waals surface area contributed by atoms with Crippen molar-refractivity contribution in [3.63, 3.8) is 0 Å². The van der Waals surface area contributed by atoms with Crippen LogP contribution in [0.3, 0.4) is 0 Å². The number of ketones is 1. The third-order valence-corrected chi connectivity index (χ3v) is 4.43. The molecule has 1 unspecified atom stereocenters. The predicted molar refractivity (Wildman–Crippen MR) is 89.6 cm³/mol. The third kappa shape index (κ3) is 2.70. The molecule has 0 bridgehead atoms. The van der Waals surface area contributed by atoms with Crippen LogP contribution in [0.25, 0.3) is 11.0 Å². The van der Waals surface area contributed by atoms with Crippen LogP contribution in [0.4, 0.5) is 5.82 Å². The summed E-state index contributed by atoms with van der Waals surface area (Å²) in [6.07, 6.45) is 5.48. The lowest BCUT2D eigenvalue weighted by atomic mass is 9.92. The van der Waals surface area contributed by atoms with Crippen molar-refractivity contribution in [2.45, 2.75) is 12.8 Å². The van der Waals surface area contributed by atoms with Gasteiger partial charge >= 0.3 is 0 Å². The molecule has 4 heterocycles. The number of carbonyl (C=O) groups excluding carboxylic acids is 1. The number of aromatic amines is 1. The number of nitrogens with one attached hydrogen (secondary N) is 1. The zero-order valence-corrected chi connectivity index (χ0v) is 12.8.